The van der Waals surface area contributed by atoms with Crippen molar-refractivity contribution in [3.05, 3.63) is 107 Å². The molecule has 0 saturated heterocycles. The first-order valence-electron chi connectivity index (χ1n) is 16.5. The lowest BCUT2D eigenvalue weighted by atomic mass is 9.96. The second-order valence-corrected chi connectivity index (χ2v) is 12.0. The van der Waals surface area contributed by atoms with Crippen LogP contribution < -0.4 is 20.1 Å². The Hall–Kier alpha value is -6.82. The summed E-state index contributed by atoms with van der Waals surface area (Å²) in [5.41, 5.74) is 5.49. The molecule has 0 saturated carbocycles. The lowest BCUT2D eigenvalue weighted by Gasteiger charge is -2.10. The minimum atomic E-state index is -0.285. The summed E-state index contributed by atoms with van der Waals surface area (Å²) < 4.78 is 10.2. The molecule has 12 nitrogen and oxygen atoms in total. The number of methoxy groups -OCH3 is 2. The SMILES string of the molecule is COc1cc(/C=C/C(=O)NCCc2cc3c(-c4c(O)ccc5[nH]c(CCNC(=O)/C=C/c6ccc(O)c(OC)c6)cc45)c(O)ccc3[nH]2)ccc1O. The summed E-state index contributed by atoms with van der Waals surface area (Å²) in [6, 6.07) is 20.1. The van der Waals surface area contributed by atoms with Crippen LogP contribution >= 0.6 is 0 Å². The normalized spacial score (nSPS) is 11.5. The number of carbonyl (C=O) groups excluding carboxylic acids is 2. The number of aromatic amines is 2. The molecule has 52 heavy (non-hydrogen) atoms. The average molecular weight is 703 g/mol. The second kappa shape index (κ2) is 15.4. The summed E-state index contributed by atoms with van der Waals surface area (Å²) in [5, 5.41) is 48.9. The first-order chi connectivity index (χ1) is 25.1. The number of amides is 2. The van der Waals surface area contributed by atoms with E-state index in [-0.39, 0.29) is 34.8 Å². The van der Waals surface area contributed by atoms with Crippen molar-refractivity contribution in [2.45, 2.75) is 12.8 Å². The molecule has 0 fully saturated rings. The van der Waals surface area contributed by atoms with Crippen LogP contribution in [-0.4, -0.2) is 69.5 Å². The molecule has 6 rings (SSSR count). The van der Waals surface area contributed by atoms with Crippen LogP contribution in [0.3, 0.4) is 0 Å². The van der Waals surface area contributed by atoms with Crippen LogP contribution in [0, 0.1) is 0 Å². The van der Waals surface area contributed by atoms with Crippen LogP contribution in [0.1, 0.15) is 22.5 Å². The van der Waals surface area contributed by atoms with Gasteiger partial charge in [-0.25, -0.2) is 0 Å². The summed E-state index contributed by atoms with van der Waals surface area (Å²) in [6.45, 7) is 0.687. The molecular formula is C40H38N4O8. The fraction of sp³-hybridized carbons (Fsp3) is 0.150. The number of ether oxygens (including phenoxy) is 2. The quantitative estimate of drug-likeness (QED) is 0.0683. The minimum absolute atomic E-state index is 0.00167. The van der Waals surface area contributed by atoms with Crippen molar-refractivity contribution in [3.8, 4) is 45.6 Å². The number of phenols is 4. The molecule has 2 aromatic heterocycles. The molecule has 0 aliphatic carbocycles. The standard InChI is InChI=1S/C40H38N4O8/c1-51-35-19-23(3-9-31(35)45)5-13-37(49)41-17-15-25-21-27-29(43-25)7-11-33(47)39(27)40-28-22-26(44-30(28)8-12-34(40)48)16-18-42-38(50)14-6-24-4-10-32(46)36(20-24)52-2/h3-14,19-22,43-48H,15-18H2,1-2H3,(H,41,49)(H,42,50)/b13-5+,14-6+. The molecule has 4 aromatic carbocycles. The third-order valence-electron chi connectivity index (χ3n) is 8.57. The number of aromatic nitrogens is 2. The van der Waals surface area contributed by atoms with Crippen molar-refractivity contribution < 1.29 is 39.5 Å². The molecule has 0 aliphatic heterocycles. The van der Waals surface area contributed by atoms with Gasteiger partial charge in [0.05, 0.1) is 14.2 Å². The third-order valence-corrected chi connectivity index (χ3v) is 8.57. The Morgan fingerprint density at radius 3 is 1.40 bits per heavy atom. The van der Waals surface area contributed by atoms with Crippen molar-refractivity contribution in [1.29, 1.82) is 0 Å². The van der Waals surface area contributed by atoms with Crippen molar-refractivity contribution >= 4 is 45.8 Å². The lowest BCUT2D eigenvalue weighted by molar-refractivity contribution is -0.117. The van der Waals surface area contributed by atoms with Crippen molar-refractivity contribution in [3.63, 3.8) is 0 Å². The molecule has 2 heterocycles. The molecule has 0 atom stereocenters. The molecule has 266 valence electrons. The van der Waals surface area contributed by atoms with Crippen LogP contribution in [0.5, 0.6) is 34.5 Å². The van der Waals surface area contributed by atoms with Crippen LogP contribution in [0.15, 0.2) is 84.9 Å². The highest BCUT2D eigenvalue weighted by Crippen LogP contribution is 2.45. The van der Waals surface area contributed by atoms with Crippen molar-refractivity contribution in [2.24, 2.45) is 0 Å². The van der Waals surface area contributed by atoms with E-state index < -0.39 is 0 Å². The highest BCUT2D eigenvalue weighted by atomic mass is 16.5. The predicted octanol–water partition coefficient (Wildman–Crippen LogP) is 5.90. The van der Waals surface area contributed by atoms with E-state index in [9.17, 15) is 30.0 Å². The highest BCUT2D eigenvalue weighted by Gasteiger charge is 2.20. The number of fused-ring (bicyclic) bond motifs is 2. The molecule has 0 spiro atoms. The van der Waals surface area contributed by atoms with Crippen molar-refractivity contribution in [2.75, 3.05) is 27.3 Å². The fourth-order valence-electron chi connectivity index (χ4n) is 5.99. The second-order valence-electron chi connectivity index (χ2n) is 12.0. The molecular weight excluding hydrogens is 664 g/mol. The van der Waals surface area contributed by atoms with Gasteiger partial charge < -0.3 is 50.5 Å². The molecule has 0 bridgehead atoms. The Bertz CT molecular complexity index is 2170. The maximum atomic E-state index is 12.5. The minimum Gasteiger partial charge on any atom is -0.507 e. The van der Waals surface area contributed by atoms with Crippen LogP contribution in [0.25, 0.3) is 45.1 Å². The number of benzene rings is 4. The van der Waals surface area contributed by atoms with Gasteiger partial charge in [-0.05, 0) is 83.9 Å². The van der Waals surface area contributed by atoms with E-state index in [0.29, 0.717) is 70.5 Å². The van der Waals surface area contributed by atoms with E-state index >= 15 is 0 Å². The van der Waals surface area contributed by atoms with Crippen LogP contribution in [-0.2, 0) is 22.4 Å². The first kappa shape index (κ1) is 35.0. The summed E-state index contributed by atoms with van der Waals surface area (Å²) in [4.78, 5) is 31.6. The predicted molar refractivity (Wildman–Crippen MR) is 200 cm³/mol. The number of carbonyl (C=O) groups is 2. The van der Waals surface area contributed by atoms with Gasteiger partial charge >= 0.3 is 0 Å². The van der Waals surface area contributed by atoms with E-state index in [1.54, 1.807) is 60.7 Å². The van der Waals surface area contributed by atoms with Crippen LogP contribution in [0.4, 0.5) is 0 Å². The maximum absolute atomic E-state index is 12.5. The summed E-state index contributed by atoms with van der Waals surface area (Å²) >= 11 is 0. The largest absolute Gasteiger partial charge is 0.507 e. The van der Waals surface area contributed by atoms with Gasteiger partial charge in [0.25, 0.3) is 0 Å². The lowest BCUT2D eigenvalue weighted by Crippen LogP contribution is -2.23. The Balaban J connectivity index is 1.13. The van der Waals surface area contributed by atoms with Gasteiger partial charge in [0.1, 0.15) is 11.5 Å². The van der Waals surface area contributed by atoms with Gasteiger partial charge in [-0.2, -0.15) is 0 Å². The summed E-state index contributed by atoms with van der Waals surface area (Å²) in [6.07, 6.45) is 7.03. The zero-order valence-corrected chi connectivity index (χ0v) is 28.5. The number of hydrogen-bond donors (Lipinski definition) is 8. The maximum Gasteiger partial charge on any atom is 0.244 e. The van der Waals surface area contributed by atoms with E-state index in [4.69, 9.17) is 9.47 Å². The third kappa shape index (κ3) is 7.81. The van der Waals surface area contributed by atoms with Gasteiger partial charge in [-0.3, -0.25) is 9.59 Å². The molecule has 0 radical (unpaired) electrons. The number of rotatable bonds is 13. The number of aromatic hydroxyl groups is 4. The molecule has 6 aromatic rings. The summed E-state index contributed by atoms with van der Waals surface area (Å²) in [5.74, 6) is 0.0854. The molecule has 8 N–H and O–H groups in total. The Labute approximate surface area is 298 Å². The molecule has 0 unspecified atom stereocenters. The van der Waals surface area contributed by atoms with Gasteiger partial charge in [0, 0.05) is 82.4 Å². The van der Waals surface area contributed by atoms with E-state index in [1.165, 1.54) is 38.5 Å². The highest BCUT2D eigenvalue weighted by molar-refractivity contribution is 6.09. The molecule has 2 amide bonds. The fourth-order valence-corrected chi connectivity index (χ4v) is 5.99. The first-order valence-corrected chi connectivity index (χ1v) is 16.5. The smallest absolute Gasteiger partial charge is 0.244 e. The van der Waals surface area contributed by atoms with Crippen molar-refractivity contribution in [1.82, 2.24) is 20.6 Å². The number of hydrogen-bond acceptors (Lipinski definition) is 8. The monoisotopic (exact) mass is 702 g/mol. The number of phenolic OH excluding ortho intramolecular Hbond substituents is 4. The van der Waals surface area contributed by atoms with Gasteiger partial charge in [0.15, 0.2) is 23.0 Å². The van der Waals surface area contributed by atoms with Crippen LogP contribution in [0.2, 0.25) is 0 Å². The van der Waals surface area contributed by atoms with Gasteiger partial charge in [0.2, 0.25) is 11.8 Å². The van der Waals surface area contributed by atoms with Gasteiger partial charge in [-0.1, -0.05) is 12.1 Å². The Morgan fingerprint density at radius 2 is 1.00 bits per heavy atom. The topological polar surface area (TPSA) is 189 Å². The molecule has 12 heteroatoms. The summed E-state index contributed by atoms with van der Waals surface area (Å²) in [7, 11) is 2.91. The van der Waals surface area contributed by atoms with E-state index in [2.05, 4.69) is 20.6 Å². The zero-order valence-electron chi connectivity index (χ0n) is 28.5. The molecule has 0 aliphatic rings. The van der Waals surface area contributed by atoms with E-state index in [1.807, 2.05) is 12.1 Å². The number of H-pyrrole nitrogens is 2. The Kier molecular flexibility index (Phi) is 10.4. The average Bonchev–Trinajstić information content (AvgIpc) is 3.75. The Morgan fingerprint density at radius 1 is 0.596 bits per heavy atom. The van der Waals surface area contributed by atoms with Gasteiger partial charge in [-0.15, -0.1) is 0 Å². The zero-order chi connectivity index (χ0) is 36.8. The van der Waals surface area contributed by atoms with E-state index in [0.717, 1.165) is 22.4 Å². The number of nitrogens with one attached hydrogen (secondary N) is 4.